The van der Waals surface area contributed by atoms with Crippen LogP contribution >= 0.6 is 0 Å². The Morgan fingerprint density at radius 1 is 1.59 bits per heavy atom. The Balaban J connectivity index is 2.22. The van der Waals surface area contributed by atoms with E-state index in [1.807, 2.05) is 27.0 Å². The van der Waals surface area contributed by atoms with Gasteiger partial charge in [0, 0.05) is 12.3 Å². The maximum absolute atomic E-state index is 11.9. The maximum atomic E-state index is 11.9. The Hall–Kier alpha value is -1.16. The number of quaternary nitrogens is 1. The van der Waals surface area contributed by atoms with Crippen LogP contribution < -0.4 is 4.90 Å². The third kappa shape index (κ3) is 1.90. The lowest BCUT2D eigenvalue weighted by Crippen LogP contribution is -3.16. The van der Waals surface area contributed by atoms with Crippen molar-refractivity contribution in [3.8, 4) is 0 Å². The number of allylic oxidation sites excluding steroid dienone is 1. The second-order valence-electron chi connectivity index (χ2n) is 5.01. The van der Waals surface area contributed by atoms with Gasteiger partial charge in [-0.25, -0.2) is 4.79 Å². The van der Waals surface area contributed by atoms with Crippen molar-refractivity contribution < 1.29 is 19.2 Å². The van der Waals surface area contributed by atoms with Crippen LogP contribution in [0.15, 0.2) is 12.2 Å². The van der Waals surface area contributed by atoms with Crippen molar-refractivity contribution in [2.75, 3.05) is 13.7 Å². The molecule has 0 radical (unpaired) electrons. The lowest BCUT2D eigenvalue weighted by molar-refractivity contribution is -0.910. The number of esters is 1. The highest BCUT2D eigenvalue weighted by Gasteiger charge is 2.55. The third-order valence-electron chi connectivity index (χ3n) is 4.14. The molecule has 94 valence electrons. The number of hydrogen-bond donors (Lipinski definition) is 1. The van der Waals surface area contributed by atoms with E-state index in [0.29, 0.717) is 6.61 Å². The van der Waals surface area contributed by atoms with E-state index in [-0.39, 0.29) is 35.7 Å². The number of carbonyl (C=O) groups excluding carboxylic acids is 2. The van der Waals surface area contributed by atoms with E-state index in [4.69, 9.17) is 4.74 Å². The summed E-state index contributed by atoms with van der Waals surface area (Å²) >= 11 is 0. The van der Waals surface area contributed by atoms with E-state index < -0.39 is 0 Å². The summed E-state index contributed by atoms with van der Waals surface area (Å²) < 4.78 is 5.12. The minimum atomic E-state index is -0.200. The number of nitrogens with one attached hydrogen (secondary N) is 1. The normalized spacial score (nSPS) is 40.2. The summed E-state index contributed by atoms with van der Waals surface area (Å²) in [6.07, 6.45) is 4.47. The van der Waals surface area contributed by atoms with E-state index >= 15 is 0 Å². The molecule has 1 heterocycles. The molecule has 1 N–H and O–H groups in total. The first-order chi connectivity index (χ1) is 8.07. The molecule has 1 unspecified atom stereocenters. The molecule has 2 rings (SSSR count). The monoisotopic (exact) mass is 238 g/mol. The third-order valence-corrected chi connectivity index (χ3v) is 4.14. The Morgan fingerprint density at radius 2 is 2.29 bits per heavy atom. The van der Waals surface area contributed by atoms with Crippen LogP contribution in [-0.4, -0.2) is 37.5 Å². The van der Waals surface area contributed by atoms with Crippen molar-refractivity contribution in [3.63, 3.8) is 0 Å². The fraction of sp³-hybridized carbons (Fsp3) is 0.692. The standard InChI is InChI=1S/C13H19NO3/c1-4-17-13(16)12-8(2)11-9(14(12)3)6-5-7-10(11)15/h5,7-9,11-12H,4,6H2,1-3H3/p+1/t8-,9-,11-,12+/m1/s1. The highest BCUT2D eigenvalue weighted by Crippen LogP contribution is 2.29. The smallest absolute Gasteiger partial charge is 0.365 e. The van der Waals surface area contributed by atoms with Crippen molar-refractivity contribution in [1.82, 2.24) is 0 Å². The van der Waals surface area contributed by atoms with Crippen LogP contribution in [0.25, 0.3) is 0 Å². The molecule has 4 heteroatoms. The van der Waals surface area contributed by atoms with Gasteiger partial charge >= 0.3 is 5.97 Å². The summed E-state index contributed by atoms with van der Waals surface area (Å²) in [5.41, 5.74) is 0. The molecular weight excluding hydrogens is 218 g/mol. The Bertz CT molecular complexity index is 364. The van der Waals surface area contributed by atoms with Gasteiger partial charge in [-0.1, -0.05) is 13.0 Å². The number of likely N-dealkylation sites (tertiary alicyclic amines) is 1. The molecule has 1 saturated heterocycles. The SMILES string of the molecule is CCOC(=O)[C@@H]1[C@H](C)[C@H]2C(=O)C=CC[C@H]2[NH+]1C. The molecule has 0 aromatic rings. The summed E-state index contributed by atoms with van der Waals surface area (Å²) in [7, 11) is 2.00. The van der Waals surface area contributed by atoms with Crippen molar-refractivity contribution in [2.45, 2.75) is 32.4 Å². The van der Waals surface area contributed by atoms with Crippen LogP contribution in [0.4, 0.5) is 0 Å². The Kier molecular flexibility index (Phi) is 3.33. The first-order valence-corrected chi connectivity index (χ1v) is 6.28. The quantitative estimate of drug-likeness (QED) is 0.666. The number of rotatable bonds is 2. The zero-order valence-corrected chi connectivity index (χ0v) is 10.6. The van der Waals surface area contributed by atoms with Gasteiger partial charge in [0.2, 0.25) is 0 Å². The minimum absolute atomic E-state index is 0.0191. The lowest BCUT2D eigenvalue weighted by Gasteiger charge is -2.23. The van der Waals surface area contributed by atoms with Gasteiger partial charge < -0.3 is 9.64 Å². The second kappa shape index (κ2) is 4.61. The predicted octanol–water partition coefficient (Wildman–Crippen LogP) is -0.404. The van der Waals surface area contributed by atoms with Gasteiger partial charge in [-0.05, 0) is 13.0 Å². The number of carbonyl (C=O) groups is 2. The van der Waals surface area contributed by atoms with Crippen molar-refractivity contribution in [3.05, 3.63) is 12.2 Å². The molecule has 1 aliphatic heterocycles. The molecule has 0 amide bonds. The van der Waals surface area contributed by atoms with Gasteiger partial charge in [-0.15, -0.1) is 0 Å². The Morgan fingerprint density at radius 3 is 2.88 bits per heavy atom. The number of ketones is 1. The fourth-order valence-electron chi connectivity index (χ4n) is 3.37. The molecule has 0 aromatic heterocycles. The highest BCUT2D eigenvalue weighted by atomic mass is 16.5. The number of fused-ring (bicyclic) bond motifs is 1. The van der Waals surface area contributed by atoms with E-state index in [9.17, 15) is 9.59 Å². The van der Waals surface area contributed by atoms with Crippen LogP contribution in [0.3, 0.4) is 0 Å². The zero-order chi connectivity index (χ0) is 12.6. The first-order valence-electron chi connectivity index (χ1n) is 6.28. The van der Waals surface area contributed by atoms with Crippen LogP contribution in [0.2, 0.25) is 0 Å². The van der Waals surface area contributed by atoms with E-state index in [2.05, 4.69) is 0 Å². The Labute approximate surface area is 102 Å². The van der Waals surface area contributed by atoms with Crippen LogP contribution in [-0.2, 0) is 14.3 Å². The fourth-order valence-corrected chi connectivity index (χ4v) is 3.37. The number of ether oxygens (including phenoxy) is 1. The zero-order valence-electron chi connectivity index (χ0n) is 10.6. The maximum Gasteiger partial charge on any atom is 0.365 e. The summed E-state index contributed by atoms with van der Waals surface area (Å²) in [6.45, 7) is 4.20. The average Bonchev–Trinajstić information content (AvgIpc) is 2.53. The number of hydrogen-bond acceptors (Lipinski definition) is 3. The van der Waals surface area contributed by atoms with Crippen LogP contribution in [0.1, 0.15) is 20.3 Å². The van der Waals surface area contributed by atoms with E-state index in [1.54, 1.807) is 6.08 Å². The lowest BCUT2D eigenvalue weighted by atomic mass is 9.81. The van der Waals surface area contributed by atoms with E-state index in [1.165, 1.54) is 0 Å². The van der Waals surface area contributed by atoms with Gasteiger partial charge in [0.1, 0.15) is 6.04 Å². The van der Waals surface area contributed by atoms with Crippen molar-refractivity contribution >= 4 is 11.8 Å². The topological polar surface area (TPSA) is 47.8 Å². The molecule has 17 heavy (non-hydrogen) atoms. The molecule has 1 aliphatic carbocycles. The summed E-state index contributed by atoms with van der Waals surface area (Å²) in [6, 6.07) is 0.0331. The second-order valence-corrected chi connectivity index (χ2v) is 5.01. The molecule has 0 saturated carbocycles. The van der Waals surface area contributed by atoms with Gasteiger partial charge in [0.25, 0.3) is 0 Å². The minimum Gasteiger partial charge on any atom is -0.462 e. The number of likely N-dealkylation sites (N-methyl/N-ethyl adjacent to an activating group) is 1. The molecule has 1 fully saturated rings. The highest BCUT2D eigenvalue weighted by molar-refractivity contribution is 5.94. The molecule has 2 aliphatic rings. The average molecular weight is 238 g/mol. The largest absolute Gasteiger partial charge is 0.462 e. The van der Waals surface area contributed by atoms with Crippen LogP contribution in [0.5, 0.6) is 0 Å². The molecule has 0 aromatic carbocycles. The molecule has 4 nitrogen and oxygen atoms in total. The molecular formula is C13H20NO3+. The molecule has 0 spiro atoms. The molecule has 5 atom stereocenters. The summed E-state index contributed by atoms with van der Waals surface area (Å²) in [5.74, 6) is 0.0468. The summed E-state index contributed by atoms with van der Waals surface area (Å²) in [4.78, 5) is 25.0. The predicted molar refractivity (Wildman–Crippen MR) is 62.5 cm³/mol. The van der Waals surface area contributed by atoms with Crippen LogP contribution in [0, 0.1) is 11.8 Å². The first kappa shape index (κ1) is 12.3. The van der Waals surface area contributed by atoms with Gasteiger partial charge in [-0.2, -0.15) is 0 Å². The van der Waals surface area contributed by atoms with Gasteiger partial charge in [0.05, 0.1) is 19.6 Å². The summed E-state index contributed by atoms with van der Waals surface area (Å²) in [5, 5.41) is 0. The van der Waals surface area contributed by atoms with Crippen molar-refractivity contribution in [1.29, 1.82) is 0 Å². The van der Waals surface area contributed by atoms with E-state index in [0.717, 1.165) is 11.3 Å². The molecule has 0 bridgehead atoms. The van der Waals surface area contributed by atoms with Crippen molar-refractivity contribution in [2.24, 2.45) is 11.8 Å². The van der Waals surface area contributed by atoms with Gasteiger partial charge in [0.15, 0.2) is 11.8 Å². The van der Waals surface area contributed by atoms with Gasteiger partial charge in [-0.3, -0.25) is 4.79 Å².